The zero-order chi connectivity index (χ0) is 18.3. The Labute approximate surface area is 147 Å². The zero-order valence-electron chi connectivity index (χ0n) is 13.9. The molecule has 0 aromatic heterocycles. The van der Waals surface area contributed by atoms with Crippen LogP contribution >= 0.6 is 0 Å². The predicted molar refractivity (Wildman–Crippen MR) is 95.6 cm³/mol. The van der Waals surface area contributed by atoms with Crippen molar-refractivity contribution < 1.29 is 18.0 Å². The van der Waals surface area contributed by atoms with Crippen molar-refractivity contribution in [2.24, 2.45) is 0 Å². The van der Waals surface area contributed by atoms with Crippen LogP contribution in [0.1, 0.15) is 21.5 Å². The third-order valence-corrected chi connectivity index (χ3v) is 4.22. The molecule has 0 spiro atoms. The van der Waals surface area contributed by atoms with Gasteiger partial charge in [-0.2, -0.15) is 0 Å². The lowest BCUT2D eigenvalue weighted by Gasteiger charge is -2.08. The topological polar surface area (TPSA) is 92.3 Å². The molecule has 2 aromatic rings. The summed E-state index contributed by atoms with van der Waals surface area (Å²) in [6.45, 7) is 0.237. The fourth-order valence-electron chi connectivity index (χ4n) is 2.23. The first-order valence-electron chi connectivity index (χ1n) is 7.69. The van der Waals surface area contributed by atoms with Gasteiger partial charge in [0, 0.05) is 18.4 Å². The van der Waals surface area contributed by atoms with E-state index in [0.29, 0.717) is 17.7 Å². The van der Waals surface area contributed by atoms with Crippen LogP contribution in [0.3, 0.4) is 0 Å². The summed E-state index contributed by atoms with van der Waals surface area (Å²) in [5, 5.41) is 5.24. The fraction of sp³-hybridized carbons (Fsp3) is 0.222. The van der Waals surface area contributed by atoms with Crippen molar-refractivity contribution in [3.63, 3.8) is 0 Å². The van der Waals surface area contributed by atoms with Gasteiger partial charge in [-0.3, -0.25) is 9.59 Å². The summed E-state index contributed by atoms with van der Waals surface area (Å²) in [4.78, 5) is 23.9. The number of carbonyl (C=O) groups excluding carboxylic acids is 2. The molecular formula is C18H20N2O4S. The minimum atomic E-state index is -3.17. The molecule has 0 atom stereocenters. The van der Waals surface area contributed by atoms with E-state index in [1.807, 2.05) is 30.3 Å². The summed E-state index contributed by atoms with van der Waals surface area (Å²) in [7, 11) is -3.17. The molecule has 0 heterocycles. The van der Waals surface area contributed by atoms with Gasteiger partial charge in [-0.25, -0.2) is 8.42 Å². The van der Waals surface area contributed by atoms with Crippen molar-refractivity contribution in [2.75, 3.05) is 12.8 Å². The van der Waals surface area contributed by atoms with Crippen LogP contribution in [0.15, 0.2) is 54.6 Å². The van der Waals surface area contributed by atoms with Crippen LogP contribution in [0, 0.1) is 0 Å². The van der Waals surface area contributed by atoms with Gasteiger partial charge in [-0.1, -0.05) is 42.5 Å². The Morgan fingerprint density at radius 3 is 2.28 bits per heavy atom. The van der Waals surface area contributed by atoms with Crippen molar-refractivity contribution in [3.8, 4) is 0 Å². The number of rotatable bonds is 7. The molecule has 2 rings (SSSR count). The van der Waals surface area contributed by atoms with Crippen molar-refractivity contribution in [1.29, 1.82) is 0 Å². The van der Waals surface area contributed by atoms with Crippen molar-refractivity contribution in [3.05, 3.63) is 71.3 Å². The van der Waals surface area contributed by atoms with E-state index in [2.05, 4.69) is 10.6 Å². The van der Waals surface area contributed by atoms with Crippen LogP contribution in [0.5, 0.6) is 0 Å². The highest BCUT2D eigenvalue weighted by Gasteiger charge is 2.10. The molecule has 0 bridgehead atoms. The normalized spacial score (nSPS) is 10.9. The predicted octanol–water partition coefficient (Wildman–Crippen LogP) is 1.28. The van der Waals surface area contributed by atoms with Gasteiger partial charge in [0.05, 0.1) is 12.3 Å². The van der Waals surface area contributed by atoms with E-state index in [1.54, 1.807) is 18.2 Å². The molecule has 0 unspecified atom stereocenters. The third-order valence-electron chi connectivity index (χ3n) is 3.36. The number of hydrogen-bond donors (Lipinski definition) is 2. The molecule has 2 N–H and O–H groups in total. The Morgan fingerprint density at radius 2 is 1.60 bits per heavy atom. The number of nitrogens with one attached hydrogen (secondary N) is 2. The van der Waals surface area contributed by atoms with E-state index >= 15 is 0 Å². The van der Waals surface area contributed by atoms with Gasteiger partial charge in [-0.15, -0.1) is 0 Å². The SMILES string of the molecule is CS(=O)(=O)Cc1cccc(C(=O)NCC(=O)NCc2ccccc2)c1. The lowest BCUT2D eigenvalue weighted by molar-refractivity contribution is -0.120. The van der Waals surface area contributed by atoms with Crippen LogP contribution < -0.4 is 10.6 Å². The first-order valence-corrected chi connectivity index (χ1v) is 9.75. The molecular weight excluding hydrogens is 340 g/mol. The molecule has 25 heavy (non-hydrogen) atoms. The Morgan fingerprint density at radius 1 is 0.920 bits per heavy atom. The second-order valence-corrected chi connectivity index (χ2v) is 7.86. The molecule has 0 fully saturated rings. The summed E-state index contributed by atoms with van der Waals surface area (Å²) in [5.41, 5.74) is 1.82. The molecule has 2 aromatic carbocycles. The molecule has 0 aliphatic rings. The molecule has 0 radical (unpaired) electrons. The number of sulfone groups is 1. The Bertz CT molecular complexity index is 848. The maximum absolute atomic E-state index is 12.1. The highest BCUT2D eigenvalue weighted by molar-refractivity contribution is 7.89. The largest absolute Gasteiger partial charge is 0.350 e. The van der Waals surface area contributed by atoms with Gasteiger partial charge in [0.25, 0.3) is 5.91 Å². The first-order chi connectivity index (χ1) is 11.8. The summed E-state index contributed by atoms with van der Waals surface area (Å²) in [6.07, 6.45) is 1.14. The van der Waals surface area contributed by atoms with Crippen LogP contribution in [0.4, 0.5) is 0 Å². The van der Waals surface area contributed by atoms with Crippen molar-refractivity contribution >= 4 is 21.7 Å². The van der Waals surface area contributed by atoms with E-state index in [9.17, 15) is 18.0 Å². The number of amides is 2. The number of carbonyl (C=O) groups is 2. The highest BCUT2D eigenvalue weighted by atomic mass is 32.2. The van der Waals surface area contributed by atoms with Gasteiger partial charge in [0.15, 0.2) is 9.84 Å². The number of hydrogen-bond acceptors (Lipinski definition) is 4. The van der Waals surface area contributed by atoms with Crippen LogP contribution in [-0.2, 0) is 26.9 Å². The molecule has 7 heteroatoms. The average molecular weight is 360 g/mol. The van der Waals surface area contributed by atoms with E-state index in [1.165, 1.54) is 6.07 Å². The summed E-state index contributed by atoms with van der Waals surface area (Å²) in [5.74, 6) is -0.860. The van der Waals surface area contributed by atoms with E-state index in [4.69, 9.17) is 0 Å². The molecule has 0 saturated carbocycles. The minimum absolute atomic E-state index is 0.133. The van der Waals surface area contributed by atoms with E-state index < -0.39 is 15.7 Å². The highest BCUT2D eigenvalue weighted by Crippen LogP contribution is 2.08. The molecule has 132 valence electrons. The first kappa shape index (κ1) is 18.7. The quantitative estimate of drug-likeness (QED) is 0.778. The molecule has 0 saturated heterocycles. The summed E-state index contributed by atoms with van der Waals surface area (Å²) >= 11 is 0. The second-order valence-electron chi connectivity index (χ2n) is 5.72. The second kappa shape index (κ2) is 8.43. The summed E-state index contributed by atoms with van der Waals surface area (Å²) < 4.78 is 22.7. The lowest BCUT2D eigenvalue weighted by Crippen LogP contribution is -2.36. The maximum atomic E-state index is 12.1. The Hall–Kier alpha value is -2.67. The molecule has 0 aliphatic carbocycles. The standard InChI is InChI=1S/C18H20N2O4S/c1-25(23,24)13-15-8-5-9-16(10-15)18(22)20-12-17(21)19-11-14-6-3-2-4-7-14/h2-10H,11-13H2,1H3,(H,19,21)(H,20,22). The fourth-order valence-corrected chi connectivity index (χ4v) is 3.01. The lowest BCUT2D eigenvalue weighted by atomic mass is 10.1. The Kier molecular flexibility index (Phi) is 6.30. The zero-order valence-corrected chi connectivity index (χ0v) is 14.7. The molecule has 2 amide bonds. The third kappa shape index (κ3) is 6.76. The Balaban J connectivity index is 1.85. The monoisotopic (exact) mass is 360 g/mol. The van der Waals surface area contributed by atoms with Crippen molar-refractivity contribution in [2.45, 2.75) is 12.3 Å². The molecule has 0 aliphatic heterocycles. The average Bonchev–Trinajstić information content (AvgIpc) is 2.57. The van der Waals surface area contributed by atoms with E-state index in [0.717, 1.165) is 11.8 Å². The van der Waals surface area contributed by atoms with Gasteiger partial charge >= 0.3 is 0 Å². The van der Waals surface area contributed by atoms with Gasteiger partial charge < -0.3 is 10.6 Å². The van der Waals surface area contributed by atoms with Gasteiger partial charge in [0.1, 0.15) is 0 Å². The van der Waals surface area contributed by atoms with E-state index in [-0.39, 0.29) is 18.2 Å². The van der Waals surface area contributed by atoms with Gasteiger partial charge in [0.2, 0.25) is 5.91 Å². The van der Waals surface area contributed by atoms with Gasteiger partial charge in [-0.05, 0) is 23.3 Å². The minimum Gasteiger partial charge on any atom is -0.350 e. The van der Waals surface area contributed by atoms with Crippen LogP contribution in [-0.4, -0.2) is 33.0 Å². The molecule has 6 nitrogen and oxygen atoms in total. The van der Waals surface area contributed by atoms with Crippen molar-refractivity contribution in [1.82, 2.24) is 10.6 Å². The van der Waals surface area contributed by atoms with Crippen LogP contribution in [0.2, 0.25) is 0 Å². The smallest absolute Gasteiger partial charge is 0.251 e. The number of benzene rings is 2. The summed E-state index contributed by atoms with van der Waals surface area (Å²) in [6, 6.07) is 15.8. The maximum Gasteiger partial charge on any atom is 0.251 e. The van der Waals surface area contributed by atoms with Crippen LogP contribution in [0.25, 0.3) is 0 Å².